The Kier molecular flexibility index (Phi) is 6.51. The molecule has 1 amide bonds. The van der Waals surface area contributed by atoms with E-state index in [-0.39, 0.29) is 5.69 Å². The van der Waals surface area contributed by atoms with Crippen LogP contribution in [0, 0.1) is 0 Å². The molecule has 0 aliphatic rings. The van der Waals surface area contributed by atoms with Gasteiger partial charge >= 0.3 is 0 Å². The number of aromatic nitrogens is 2. The van der Waals surface area contributed by atoms with E-state index in [0.29, 0.717) is 28.8 Å². The summed E-state index contributed by atoms with van der Waals surface area (Å²) in [6.45, 7) is 2.32. The molecular formula is C21H21ClN4O3. The molecule has 150 valence electrons. The normalized spacial score (nSPS) is 11.2. The average molecular weight is 413 g/mol. The standard InChI is InChI=1S/C21H21ClN4O3/c1-14(18-9-8-17(28-2)12-20(18)29-3)23-24-21(27)19-10-11-26(25-19)13-15-4-6-16(22)7-5-15/h4-12H,13H2,1-3H3,(H,24,27)/b23-14+. The number of hydrazone groups is 1. The molecule has 8 heteroatoms. The fraction of sp³-hybridized carbons (Fsp3) is 0.190. The van der Waals surface area contributed by atoms with Crippen LogP contribution in [0.15, 0.2) is 59.8 Å². The predicted octanol–water partition coefficient (Wildman–Crippen LogP) is 3.76. The van der Waals surface area contributed by atoms with E-state index in [1.165, 1.54) is 0 Å². The van der Waals surface area contributed by atoms with Crippen molar-refractivity contribution in [3.63, 3.8) is 0 Å². The summed E-state index contributed by atoms with van der Waals surface area (Å²) in [4.78, 5) is 12.4. The SMILES string of the molecule is COc1ccc(/C(C)=N/NC(=O)c2ccn(Cc3ccc(Cl)cc3)n2)c(OC)c1. The molecule has 0 unspecified atom stereocenters. The Morgan fingerprint density at radius 3 is 2.59 bits per heavy atom. The molecule has 0 bridgehead atoms. The number of halogens is 1. The molecule has 7 nitrogen and oxygen atoms in total. The number of nitrogens with zero attached hydrogens (tertiary/aromatic N) is 3. The highest BCUT2D eigenvalue weighted by Gasteiger charge is 2.11. The predicted molar refractivity (Wildman–Crippen MR) is 112 cm³/mol. The van der Waals surface area contributed by atoms with E-state index in [1.807, 2.05) is 30.3 Å². The molecule has 2 aromatic carbocycles. The Morgan fingerprint density at radius 2 is 1.90 bits per heavy atom. The second-order valence-electron chi connectivity index (χ2n) is 6.23. The van der Waals surface area contributed by atoms with Gasteiger partial charge < -0.3 is 9.47 Å². The zero-order valence-corrected chi connectivity index (χ0v) is 17.1. The van der Waals surface area contributed by atoms with Crippen molar-refractivity contribution in [2.24, 2.45) is 5.10 Å². The maximum atomic E-state index is 12.4. The Balaban J connectivity index is 1.67. The summed E-state index contributed by atoms with van der Waals surface area (Å²) in [5, 5.41) is 9.14. The third kappa shape index (κ3) is 5.14. The van der Waals surface area contributed by atoms with Crippen molar-refractivity contribution in [1.29, 1.82) is 0 Å². The van der Waals surface area contributed by atoms with Gasteiger partial charge in [-0.15, -0.1) is 0 Å². The van der Waals surface area contributed by atoms with Crippen molar-refractivity contribution >= 4 is 23.2 Å². The Morgan fingerprint density at radius 1 is 1.14 bits per heavy atom. The molecule has 0 aliphatic carbocycles. The van der Waals surface area contributed by atoms with Crippen LogP contribution in [-0.4, -0.2) is 35.6 Å². The molecule has 0 spiro atoms. The number of amides is 1. The molecule has 1 aromatic heterocycles. The summed E-state index contributed by atoms with van der Waals surface area (Å²) in [7, 11) is 3.15. The minimum Gasteiger partial charge on any atom is -0.497 e. The Bertz CT molecular complexity index is 1030. The monoisotopic (exact) mass is 412 g/mol. The van der Waals surface area contributed by atoms with Gasteiger partial charge in [0.25, 0.3) is 5.91 Å². The van der Waals surface area contributed by atoms with E-state index < -0.39 is 5.91 Å². The molecule has 1 heterocycles. The first kappa shape index (κ1) is 20.4. The number of nitrogens with one attached hydrogen (secondary N) is 1. The first-order chi connectivity index (χ1) is 14.0. The highest BCUT2D eigenvalue weighted by molar-refractivity contribution is 6.30. The zero-order chi connectivity index (χ0) is 20.8. The maximum Gasteiger partial charge on any atom is 0.291 e. The van der Waals surface area contributed by atoms with Crippen LogP contribution >= 0.6 is 11.6 Å². The lowest BCUT2D eigenvalue weighted by atomic mass is 10.1. The molecule has 0 aliphatic heterocycles. The van der Waals surface area contributed by atoms with Crippen molar-refractivity contribution < 1.29 is 14.3 Å². The molecule has 0 atom stereocenters. The zero-order valence-electron chi connectivity index (χ0n) is 16.3. The second kappa shape index (κ2) is 9.25. The summed E-state index contributed by atoms with van der Waals surface area (Å²) >= 11 is 5.90. The van der Waals surface area contributed by atoms with Crippen LogP contribution in [-0.2, 0) is 6.54 Å². The molecule has 3 rings (SSSR count). The van der Waals surface area contributed by atoms with Crippen molar-refractivity contribution in [3.05, 3.63) is 76.6 Å². The van der Waals surface area contributed by atoms with Crippen molar-refractivity contribution in [3.8, 4) is 11.5 Å². The second-order valence-corrected chi connectivity index (χ2v) is 6.67. The van der Waals surface area contributed by atoms with Crippen LogP contribution < -0.4 is 14.9 Å². The minimum atomic E-state index is -0.397. The van der Waals surface area contributed by atoms with E-state index >= 15 is 0 Å². The Labute approximate surface area is 173 Å². The number of ether oxygens (including phenoxy) is 2. The maximum absolute atomic E-state index is 12.4. The lowest BCUT2D eigenvalue weighted by Crippen LogP contribution is -2.20. The molecule has 0 fully saturated rings. The fourth-order valence-corrected chi connectivity index (χ4v) is 2.82. The number of carbonyl (C=O) groups is 1. The summed E-state index contributed by atoms with van der Waals surface area (Å²) in [5.74, 6) is 0.882. The van der Waals surface area contributed by atoms with Crippen LogP contribution in [0.25, 0.3) is 0 Å². The van der Waals surface area contributed by atoms with E-state index in [9.17, 15) is 4.79 Å². The van der Waals surface area contributed by atoms with Gasteiger partial charge in [0.05, 0.1) is 26.5 Å². The number of benzene rings is 2. The minimum absolute atomic E-state index is 0.275. The van der Waals surface area contributed by atoms with Crippen molar-refractivity contribution in [1.82, 2.24) is 15.2 Å². The quantitative estimate of drug-likeness (QED) is 0.473. The molecular weight excluding hydrogens is 392 g/mol. The van der Waals surface area contributed by atoms with Gasteiger partial charge in [-0.2, -0.15) is 10.2 Å². The first-order valence-electron chi connectivity index (χ1n) is 8.85. The van der Waals surface area contributed by atoms with Crippen LogP contribution in [0.1, 0.15) is 28.5 Å². The number of carbonyl (C=O) groups excluding carboxylic acids is 1. The van der Waals surface area contributed by atoms with Gasteiger partial charge in [-0.1, -0.05) is 23.7 Å². The van der Waals surface area contributed by atoms with E-state index in [2.05, 4.69) is 15.6 Å². The lowest BCUT2D eigenvalue weighted by molar-refractivity contribution is 0.0949. The summed E-state index contributed by atoms with van der Waals surface area (Å²) in [6, 6.07) is 14.5. The summed E-state index contributed by atoms with van der Waals surface area (Å²) in [5.41, 5.74) is 5.19. The third-order valence-electron chi connectivity index (χ3n) is 4.25. The van der Waals surface area contributed by atoms with Gasteiger partial charge in [-0.3, -0.25) is 9.48 Å². The molecule has 1 N–H and O–H groups in total. The van der Waals surface area contributed by atoms with Gasteiger partial charge in [0.15, 0.2) is 5.69 Å². The smallest absolute Gasteiger partial charge is 0.291 e. The molecule has 29 heavy (non-hydrogen) atoms. The van der Waals surface area contributed by atoms with E-state index in [4.69, 9.17) is 21.1 Å². The molecule has 0 saturated heterocycles. The van der Waals surface area contributed by atoms with Crippen LogP contribution in [0.2, 0.25) is 5.02 Å². The van der Waals surface area contributed by atoms with Crippen LogP contribution in [0.5, 0.6) is 11.5 Å². The number of methoxy groups -OCH3 is 2. The molecule has 0 saturated carbocycles. The van der Waals surface area contributed by atoms with Gasteiger partial charge in [-0.25, -0.2) is 5.43 Å². The third-order valence-corrected chi connectivity index (χ3v) is 4.51. The van der Waals surface area contributed by atoms with Gasteiger partial charge in [0.1, 0.15) is 11.5 Å². The van der Waals surface area contributed by atoms with Gasteiger partial charge in [0.2, 0.25) is 0 Å². The Hall–Kier alpha value is -3.32. The van der Waals surface area contributed by atoms with Crippen molar-refractivity contribution in [2.75, 3.05) is 14.2 Å². The molecule has 3 aromatic rings. The van der Waals surface area contributed by atoms with Crippen LogP contribution in [0.4, 0.5) is 0 Å². The van der Waals surface area contributed by atoms with Gasteiger partial charge in [-0.05, 0) is 42.8 Å². The number of hydrogen-bond donors (Lipinski definition) is 1. The van der Waals surface area contributed by atoms with E-state index in [0.717, 1.165) is 11.1 Å². The van der Waals surface area contributed by atoms with E-state index in [1.54, 1.807) is 50.2 Å². The average Bonchev–Trinajstić information content (AvgIpc) is 3.21. The number of rotatable bonds is 7. The topological polar surface area (TPSA) is 77.7 Å². The van der Waals surface area contributed by atoms with Gasteiger partial charge in [0, 0.05) is 22.8 Å². The largest absolute Gasteiger partial charge is 0.497 e. The molecule has 0 radical (unpaired) electrons. The highest BCUT2D eigenvalue weighted by atomic mass is 35.5. The highest BCUT2D eigenvalue weighted by Crippen LogP contribution is 2.25. The fourth-order valence-electron chi connectivity index (χ4n) is 2.70. The first-order valence-corrected chi connectivity index (χ1v) is 9.23. The lowest BCUT2D eigenvalue weighted by Gasteiger charge is -2.10. The van der Waals surface area contributed by atoms with Crippen LogP contribution in [0.3, 0.4) is 0 Å². The van der Waals surface area contributed by atoms with Crippen molar-refractivity contribution in [2.45, 2.75) is 13.5 Å². The summed E-state index contributed by atoms with van der Waals surface area (Å²) in [6.07, 6.45) is 1.74. The summed E-state index contributed by atoms with van der Waals surface area (Å²) < 4.78 is 12.2. The number of hydrogen-bond acceptors (Lipinski definition) is 5.